The van der Waals surface area contributed by atoms with Crippen LogP contribution < -0.4 is 5.32 Å². The maximum Gasteiger partial charge on any atom is 0.161 e. The van der Waals surface area contributed by atoms with E-state index in [1.54, 1.807) is 0 Å². The van der Waals surface area contributed by atoms with Gasteiger partial charge in [-0.1, -0.05) is 30.3 Å². The van der Waals surface area contributed by atoms with Crippen molar-refractivity contribution in [3.05, 3.63) is 65.1 Å². The molecular weight excluding hydrogens is 274 g/mol. The molecule has 0 radical (unpaired) electrons. The second-order valence-corrected chi connectivity index (χ2v) is 6.00. The van der Waals surface area contributed by atoms with Crippen molar-refractivity contribution in [2.75, 3.05) is 5.32 Å². The number of hydrogen-bond donors (Lipinski definition) is 2. The van der Waals surface area contributed by atoms with E-state index in [0.717, 1.165) is 33.8 Å². The van der Waals surface area contributed by atoms with Gasteiger partial charge in [-0.3, -0.25) is 0 Å². The van der Waals surface area contributed by atoms with Crippen LogP contribution in [0, 0.1) is 13.8 Å². The predicted octanol–water partition coefficient (Wildman–Crippen LogP) is 3.02. The van der Waals surface area contributed by atoms with Gasteiger partial charge in [0.25, 0.3) is 0 Å². The Bertz CT molecular complexity index is 838. The number of hydrogen-bond acceptors (Lipinski definition) is 3. The number of aliphatic hydroxyl groups is 1. The minimum absolute atomic E-state index is 0.0998. The molecule has 2 atom stereocenters. The van der Waals surface area contributed by atoms with Crippen molar-refractivity contribution in [3.8, 4) is 0 Å². The lowest BCUT2D eigenvalue weighted by atomic mass is 9.91. The van der Waals surface area contributed by atoms with Crippen LogP contribution in [0.2, 0.25) is 0 Å². The highest BCUT2D eigenvalue weighted by Crippen LogP contribution is 2.35. The smallest absolute Gasteiger partial charge is 0.161 e. The van der Waals surface area contributed by atoms with Gasteiger partial charge in [-0.05, 0) is 31.0 Å². The highest BCUT2D eigenvalue weighted by molar-refractivity contribution is 5.74. The Kier molecular flexibility index (Phi) is 2.94. The van der Waals surface area contributed by atoms with Crippen molar-refractivity contribution in [1.29, 1.82) is 0 Å². The Morgan fingerprint density at radius 3 is 2.73 bits per heavy atom. The van der Waals surface area contributed by atoms with E-state index in [0.29, 0.717) is 6.42 Å². The molecule has 1 aliphatic heterocycles. The summed E-state index contributed by atoms with van der Waals surface area (Å²) in [6.07, 6.45) is 2.25. The summed E-state index contributed by atoms with van der Waals surface area (Å²) in [5, 5.41) is 14.0. The van der Waals surface area contributed by atoms with E-state index in [1.807, 2.05) is 43.5 Å². The summed E-state index contributed by atoms with van der Waals surface area (Å²) in [5.74, 6) is 0. The van der Waals surface area contributed by atoms with Crippen LogP contribution in [-0.4, -0.2) is 20.6 Å². The lowest BCUT2D eigenvalue weighted by molar-refractivity contribution is 0.148. The summed E-state index contributed by atoms with van der Waals surface area (Å²) in [6.45, 7) is 4.11. The van der Waals surface area contributed by atoms with Gasteiger partial charge in [-0.25, -0.2) is 4.98 Å². The second kappa shape index (κ2) is 4.85. The van der Waals surface area contributed by atoms with Gasteiger partial charge in [0.2, 0.25) is 0 Å². The van der Waals surface area contributed by atoms with Crippen molar-refractivity contribution < 1.29 is 5.11 Å². The van der Waals surface area contributed by atoms with Gasteiger partial charge in [-0.2, -0.15) is 0 Å². The molecule has 112 valence electrons. The molecule has 0 saturated carbocycles. The maximum absolute atomic E-state index is 10.5. The van der Waals surface area contributed by atoms with E-state index in [9.17, 15) is 5.11 Å². The molecule has 4 heteroatoms. The first-order valence-corrected chi connectivity index (χ1v) is 7.62. The summed E-state index contributed by atoms with van der Waals surface area (Å²) >= 11 is 0. The van der Waals surface area contributed by atoms with Gasteiger partial charge in [0, 0.05) is 18.3 Å². The Balaban J connectivity index is 1.85. The highest BCUT2D eigenvalue weighted by Gasteiger charge is 2.29. The average Bonchev–Trinajstić information content (AvgIpc) is 2.83. The molecular formula is C18H19N3O. The van der Waals surface area contributed by atoms with Gasteiger partial charge >= 0.3 is 0 Å². The first-order chi connectivity index (χ1) is 10.6. The summed E-state index contributed by atoms with van der Waals surface area (Å²) < 4.78 is 2.11. The number of nitrogens with zero attached hydrogens (tertiary/aromatic N) is 2. The van der Waals surface area contributed by atoms with E-state index in [4.69, 9.17) is 4.98 Å². The molecule has 0 spiro atoms. The zero-order chi connectivity index (χ0) is 15.3. The standard InChI is InChI=1S/C18H19N3O/c1-11-12(2)21-9-8-14-10-15(22)16(13-6-4-3-5-7-13)20-17(14)18(21)19-11/h3-9,15-16,20,22H,10H2,1-2H3/t15-,16-/m1/s1. The molecule has 1 aliphatic rings. The molecule has 4 rings (SSSR count). The summed E-state index contributed by atoms with van der Waals surface area (Å²) in [6, 6.07) is 12.1. The number of aliphatic hydroxyl groups excluding tert-OH is 1. The summed E-state index contributed by atoms with van der Waals surface area (Å²) in [4.78, 5) is 4.70. The van der Waals surface area contributed by atoms with Gasteiger partial charge in [0.15, 0.2) is 5.65 Å². The van der Waals surface area contributed by atoms with Gasteiger partial charge < -0.3 is 14.8 Å². The van der Waals surface area contributed by atoms with Crippen LogP contribution in [-0.2, 0) is 6.42 Å². The van der Waals surface area contributed by atoms with Gasteiger partial charge in [0.1, 0.15) is 0 Å². The molecule has 2 N–H and O–H groups in total. The number of anilines is 1. The average molecular weight is 293 g/mol. The Hall–Kier alpha value is -2.33. The van der Waals surface area contributed by atoms with E-state index >= 15 is 0 Å². The number of aromatic nitrogens is 2. The fourth-order valence-electron chi connectivity index (χ4n) is 3.27. The Morgan fingerprint density at radius 1 is 1.18 bits per heavy atom. The van der Waals surface area contributed by atoms with Crippen LogP contribution in [0.4, 0.5) is 5.69 Å². The van der Waals surface area contributed by atoms with Crippen LogP contribution in [0.1, 0.15) is 28.6 Å². The molecule has 0 bridgehead atoms. The number of benzene rings is 1. The molecule has 0 fully saturated rings. The lowest BCUT2D eigenvalue weighted by Crippen LogP contribution is -2.32. The molecule has 0 aliphatic carbocycles. The van der Waals surface area contributed by atoms with E-state index in [2.05, 4.69) is 22.7 Å². The fraction of sp³-hybridized carbons (Fsp3) is 0.278. The van der Waals surface area contributed by atoms with Crippen LogP contribution >= 0.6 is 0 Å². The minimum atomic E-state index is -0.436. The number of imidazole rings is 1. The van der Waals surface area contributed by atoms with E-state index < -0.39 is 6.10 Å². The summed E-state index contributed by atoms with van der Waals surface area (Å²) in [7, 11) is 0. The highest BCUT2D eigenvalue weighted by atomic mass is 16.3. The Labute approximate surface area is 129 Å². The molecule has 4 nitrogen and oxygen atoms in total. The zero-order valence-corrected chi connectivity index (χ0v) is 12.7. The molecule has 2 aromatic heterocycles. The molecule has 0 saturated heterocycles. The lowest BCUT2D eigenvalue weighted by Gasteiger charge is -2.32. The quantitative estimate of drug-likeness (QED) is 0.725. The van der Waals surface area contributed by atoms with Crippen molar-refractivity contribution >= 4 is 11.3 Å². The molecule has 3 aromatic rings. The number of aryl methyl sites for hydroxylation is 2. The first-order valence-electron chi connectivity index (χ1n) is 7.62. The first kappa shape index (κ1) is 13.3. The van der Waals surface area contributed by atoms with Gasteiger partial charge in [-0.15, -0.1) is 0 Å². The van der Waals surface area contributed by atoms with Crippen LogP contribution in [0.25, 0.3) is 5.65 Å². The van der Waals surface area contributed by atoms with Crippen molar-refractivity contribution in [2.24, 2.45) is 0 Å². The van der Waals surface area contributed by atoms with Crippen LogP contribution in [0.15, 0.2) is 42.6 Å². The topological polar surface area (TPSA) is 49.6 Å². The maximum atomic E-state index is 10.5. The van der Waals surface area contributed by atoms with Crippen LogP contribution in [0.3, 0.4) is 0 Å². The van der Waals surface area contributed by atoms with E-state index in [-0.39, 0.29) is 6.04 Å². The SMILES string of the molecule is Cc1nc2c3c(ccn2c1C)C[C@@H](O)[C@@H](c1ccccc1)N3. The third-order valence-corrected chi connectivity index (χ3v) is 4.63. The summed E-state index contributed by atoms with van der Waals surface area (Å²) in [5.41, 5.74) is 6.40. The zero-order valence-electron chi connectivity index (χ0n) is 12.7. The van der Waals surface area contributed by atoms with E-state index in [1.165, 1.54) is 0 Å². The third kappa shape index (κ3) is 1.91. The number of nitrogens with one attached hydrogen (secondary N) is 1. The third-order valence-electron chi connectivity index (χ3n) is 4.63. The number of rotatable bonds is 1. The van der Waals surface area contributed by atoms with Crippen LogP contribution in [0.5, 0.6) is 0 Å². The monoisotopic (exact) mass is 293 g/mol. The molecule has 22 heavy (non-hydrogen) atoms. The molecule has 0 unspecified atom stereocenters. The largest absolute Gasteiger partial charge is 0.390 e. The minimum Gasteiger partial charge on any atom is -0.390 e. The predicted molar refractivity (Wildman–Crippen MR) is 87.2 cm³/mol. The number of pyridine rings is 1. The van der Waals surface area contributed by atoms with Crippen molar-refractivity contribution in [3.63, 3.8) is 0 Å². The molecule has 0 amide bonds. The van der Waals surface area contributed by atoms with Gasteiger partial charge in [0.05, 0.1) is 23.5 Å². The molecule has 3 heterocycles. The van der Waals surface area contributed by atoms with Crippen molar-refractivity contribution in [1.82, 2.24) is 9.38 Å². The molecule has 1 aromatic carbocycles. The fourth-order valence-corrected chi connectivity index (χ4v) is 3.27. The van der Waals surface area contributed by atoms with Crippen molar-refractivity contribution in [2.45, 2.75) is 32.4 Å². The normalized spacial score (nSPS) is 20.7. The Morgan fingerprint density at radius 2 is 1.95 bits per heavy atom. The second-order valence-electron chi connectivity index (χ2n) is 6.00. The number of fused-ring (bicyclic) bond motifs is 3.